The molecule has 2 heterocycles. The number of hydrogen-bond donors (Lipinski definition) is 1. The summed E-state index contributed by atoms with van der Waals surface area (Å²) in [6.07, 6.45) is 0. The molecule has 25 heavy (non-hydrogen) atoms. The second-order valence-corrected chi connectivity index (χ2v) is 6.39. The molecule has 0 atom stereocenters. The van der Waals surface area contributed by atoms with Gasteiger partial charge in [-0.3, -0.25) is 14.4 Å². The van der Waals surface area contributed by atoms with Crippen LogP contribution in [-0.4, -0.2) is 27.8 Å². The van der Waals surface area contributed by atoms with E-state index in [1.165, 1.54) is 0 Å². The van der Waals surface area contributed by atoms with Gasteiger partial charge in [0.05, 0.1) is 28.9 Å². The van der Waals surface area contributed by atoms with Crippen LogP contribution in [0.5, 0.6) is 0 Å². The predicted octanol–water partition coefficient (Wildman–Crippen LogP) is 3.16. The number of aromatic nitrogens is 2. The van der Waals surface area contributed by atoms with Crippen LogP contribution in [0.25, 0.3) is 16.6 Å². The van der Waals surface area contributed by atoms with E-state index in [1.54, 1.807) is 16.3 Å². The summed E-state index contributed by atoms with van der Waals surface area (Å²) < 4.78 is 1.70. The number of nitrogens with one attached hydrogen (secondary N) is 1. The Hall–Kier alpha value is -2.12. The lowest BCUT2D eigenvalue weighted by atomic mass is 10.2. The molecular weight excluding hydrogens is 400 g/mol. The van der Waals surface area contributed by atoms with Crippen molar-refractivity contribution in [3.8, 4) is 5.69 Å². The van der Waals surface area contributed by atoms with Crippen LogP contribution in [0.2, 0.25) is 0 Å². The van der Waals surface area contributed by atoms with Crippen LogP contribution < -0.4 is 10.9 Å². The van der Waals surface area contributed by atoms with Gasteiger partial charge in [-0.25, -0.2) is 4.98 Å². The van der Waals surface area contributed by atoms with Gasteiger partial charge in [0.15, 0.2) is 5.17 Å². The Morgan fingerprint density at radius 1 is 1.08 bits per heavy atom. The van der Waals surface area contributed by atoms with E-state index in [0.29, 0.717) is 11.1 Å². The molecule has 0 unspecified atom stereocenters. The standard InChI is InChI=1S/C18H16N4OS.BrH/c23-17-14-8-4-5-9-15(14)21-16(12-24-18-19-10-11-20-18)22(17)13-6-2-1-3-7-13;/h1-9H,10-12H2,(H,19,20);1H. The fraction of sp³-hybridized carbons (Fsp3) is 0.167. The highest BCUT2D eigenvalue weighted by atomic mass is 79.9. The Kier molecular flexibility index (Phi) is 5.55. The van der Waals surface area contributed by atoms with E-state index >= 15 is 0 Å². The maximum atomic E-state index is 13.0. The van der Waals surface area contributed by atoms with E-state index in [-0.39, 0.29) is 22.5 Å². The smallest absolute Gasteiger partial charge is 0.265 e. The molecule has 7 heteroatoms. The molecule has 0 aliphatic carbocycles. The number of fused-ring (bicyclic) bond motifs is 1. The van der Waals surface area contributed by atoms with Crippen molar-refractivity contribution in [3.05, 3.63) is 70.8 Å². The fourth-order valence-electron chi connectivity index (χ4n) is 2.72. The molecule has 1 aliphatic rings. The molecule has 1 aliphatic heterocycles. The van der Waals surface area contributed by atoms with Crippen LogP contribution in [-0.2, 0) is 5.75 Å². The Morgan fingerprint density at radius 2 is 1.84 bits per heavy atom. The third-order valence-electron chi connectivity index (χ3n) is 3.84. The van der Waals surface area contributed by atoms with Crippen molar-refractivity contribution < 1.29 is 0 Å². The maximum Gasteiger partial charge on any atom is 0.265 e. The topological polar surface area (TPSA) is 59.3 Å². The van der Waals surface area contributed by atoms with Gasteiger partial charge < -0.3 is 5.32 Å². The highest BCUT2D eigenvalue weighted by molar-refractivity contribution is 8.93. The quantitative estimate of drug-likeness (QED) is 0.712. The van der Waals surface area contributed by atoms with Crippen LogP contribution >= 0.6 is 28.7 Å². The number of amidine groups is 1. The molecule has 0 bridgehead atoms. The number of rotatable bonds is 3. The largest absolute Gasteiger partial charge is 0.363 e. The van der Waals surface area contributed by atoms with Crippen molar-refractivity contribution in [2.24, 2.45) is 4.99 Å². The molecule has 2 aromatic carbocycles. The zero-order valence-electron chi connectivity index (χ0n) is 13.4. The Balaban J connectivity index is 0.00000182. The van der Waals surface area contributed by atoms with Crippen LogP contribution in [0.1, 0.15) is 5.82 Å². The summed E-state index contributed by atoms with van der Waals surface area (Å²) in [6, 6.07) is 17.1. The molecule has 0 saturated carbocycles. The van der Waals surface area contributed by atoms with Gasteiger partial charge in [-0.05, 0) is 24.3 Å². The van der Waals surface area contributed by atoms with Gasteiger partial charge in [-0.15, -0.1) is 17.0 Å². The molecule has 0 radical (unpaired) electrons. The SMILES string of the molecule is Br.O=c1c2ccccc2nc(CSC2=NCCN2)n1-c1ccccc1. The number of thioether (sulfide) groups is 1. The summed E-state index contributed by atoms with van der Waals surface area (Å²) in [5, 5.41) is 4.78. The zero-order valence-corrected chi connectivity index (χ0v) is 15.9. The third-order valence-corrected chi connectivity index (χ3v) is 4.79. The minimum Gasteiger partial charge on any atom is -0.363 e. The molecule has 0 saturated heterocycles. The molecule has 128 valence electrons. The summed E-state index contributed by atoms with van der Waals surface area (Å²) in [5.41, 5.74) is 1.52. The van der Waals surface area contributed by atoms with Crippen LogP contribution in [0, 0.1) is 0 Å². The van der Waals surface area contributed by atoms with Gasteiger partial charge in [0.1, 0.15) is 5.82 Å². The average Bonchev–Trinajstić information content (AvgIpc) is 3.14. The molecule has 5 nitrogen and oxygen atoms in total. The van der Waals surface area contributed by atoms with Crippen LogP contribution in [0.3, 0.4) is 0 Å². The van der Waals surface area contributed by atoms with Crippen LogP contribution in [0.15, 0.2) is 64.4 Å². The van der Waals surface area contributed by atoms with Crippen molar-refractivity contribution in [1.29, 1.82) is 0 Å². The summed E-state index contributed by atoms with van der Waals surface area (Å²) >= 11 is 1.58. The highest BCUT2D eigenvalue weighted by Crippen LogP contribution is 2.18. The molecule has 0 amide bonds. The van der Waals surface area contributed by atoms with E-state index in [0.717, 1.165) is 35.3 Å². The lowest BCUT2D eigenvalue weighted by Crippen LogP contribution is -2.24. The van der Waals surface area contributed by atoms with Gasteiger partial charge in [-0.2, -0.15) is 0 Å². The van der Waals surface area contributed by atoms with Gasteiger partial charge in [-0.1, -0.05) is 42.1 Å². The van der Waals surface area contributed by atoms with Gasteiger partial charge in [0, 0.05) is 6.54 Å². The van der Waals surface area contributed by atoms with Crippen molar-refractivity contribution in [2.45, 2.75) is 5.75 Å². The van der Waals surface area contributed by atoms with Crippen molar-refractivity contribution in [3.63, 3.8) is 0 Å². The number of halogens is 1. The number of nitrogens with zero attached hydrogens (tertiary/aromatic N) is 3. The minimum atomic E-state index is -0.0382. The van der Waals surface area contributed by atoms with Crippen molar-refractivity contribution in [2.75, 3.05) is 13.1 Å². The Morgan fingerprint density at radius 3 is 2.60 bits per heavy atom. The summed E-state index contributed by atoms with van der Waals surface area (Å²) in [6.45, 7) is 1.68. The number of benzene rings is 2. The summed E-state index contributed by atoms with van der Waals surface area (Å²) in [7, 11) is 0. The fourth-order valence-corrected chi connectivity index (χ4v) is 3.57. The first-order valence-corrected chi connectivity index (χ1v) is 8.79. The maximum absolute atomic E-state index is 13.0. The second-order valence-electron chi connectivity index (χ2n) is 5.42. The van der Waals surface area contributed by atoms with Gasteiger partial charge in [0.25, 0.3) is 5.56 Å². The van der Waals surface area contributed by atoms with Crippen molar-refractivity contribution >= 4 is 44.8 Å². The summed E-state index contributed by atoms with van der Waals surface area (Å²) in [5.74, 6) is 1.31. The second kappa shape index (κ2) is 7.84. The van der Waals surface area contributed by atoms with Gasteiger partial charge >= 0.3 is 0 Å². The van der Waals surface area contributed by atoms with E-state index in [1.807, 2.05) is 54.6 Å². The van der Waals surface area contributed by atoms with E-state index < -0.39 is 0 Å². The van der Waals surface area contributed by atoms with E-state index in [9.17, 15) is 4.79 Å². The molecule has 0 spiro atoms. The lowest BCUT2D eigenvalue weighted by molar-refractivity contribution is 0.885. The number of para-hydroxylation sites is 2. The number of hydrogen-bond acceptors (Lipinski definition) is 5. The van der Waals surface area contributed by atoms with Crippen LogP contribution in [0.4, 0.5) is 0 Å². The number of aliphatic imine (C=N–C) groups is 1. The molecular formula is C18H17BrN4OS. The first-order chi connectivity index (χ1) is 11.8. The Bertz CT molecular complexity index is 972. The molecule has 3 aromatic rings. The Labute approximate surface area is 160 Å². The van der Waals surface area contributed by atoms with E-state index in [2.05, 4.69) is 10.3 Å². The van der Waals surface area contributed by atoms with Crippen molar-refractivity contribution in [1.82, 2.24) is 14.9 Å². The molecule has 4 rings (SSSR count). The average molecular weight is 417 g/mol. The van der Waals surface area contributed by atoms with Gasteiger partial charge in [0.2, 0.25) is 0 Å². The highest BCUT2D eigenvalue weighted by Gasteiger charge is 2.14. The molecule has 0 fully saturated rings. The van der Waals surface area contributed by atoms with E-state index in [4.69, 9.17) is 4.98 Å². The predicted molar refractivity (Wildman–Crippen MR) is 109 cm³/mol. The lowest BCUT2D eigenvalue weighted by Gasteiger charge is -2.13. The molecule has 1 aromatic heterocycles. The first kappa shape index (κ1) is 17.7. The first-order valence-electron chi connectivity index (χ1n) is 7.80. The normalized spacial score (nSPS) is 13.2. The minimum absolute atomic E-state index is 0. The third kappa shape index (κ3) is 3.62. The summed E-state index contributed by atoms with van der Waals surface area (Å²) in [4.78, 5) is 22.1. The molecule has 1 N–H and O–H groups in total. The monoisotopic (exact) mass is 416 g/mol. The zero-order chi connectivity index (χ0) is 16.4.